The lowest BCUT2D eigenvalue weighted by Crippen LogP contribution is -2.35. The largest absolute Gasteiger partial charge is 0.497 e. The minimum Gasteiger partial charge on any atom is -0.497 e. The van der Waals surface area contributed by atoms with Gasteiger partial charge in [-0.2, -0.15) is 0 Å². The van der Waals surface area contributed by atoms with E-state index in [1.54, 1.807) is 7.11 Å². The Labute approximate surface area is 173 Å². The number of para-hydroxylation sites is 1. The summed E-state index contributed by atoms with van der Waals surface area (Å²) in [4.78, 5) is 21.6. The summed E-state index contributed by atoms with van der Waals surface area (Å²) < 4.78 is 7.25. The van der Waals surface area contributed by atoms with E-state index in [0.717, 1.165) is 57.6 Å². The third-order valence-corrected chi connectivity index (χ3v) is 6.64. The minimum absolute atomic E-state index is 0.0659. The zero-order chi connectivity index (χ0) is 20.0. The molecule has 0 saturated carbocycles. The molecule has 0 fully saturated rings. The van der Waals surface area contributed by atoms with Gasteiger partial charge in [-0.15, -0.1) is 0 Å². The van der Waals surface area contributed by atoms with Crippen LogP contribution in [-0.2, 0) is 6.42 Å². The molecule has 0 saturated heterocycles. The molecule has 6 heteroatoms. The summed E-state index contributed by atoms with van der Waals surface area (Å²) in [5.74, 6) is 0.886. The van der Waals surface area contributed by atoms with Crippen LogP contribution in [0.1, 0.15) is 27.3 Å². The van der Waals surface area contributed by atoms with Gasteiger partial charge in [0.05, 0.1) is 12.8 Å². The van der Waals surface area contributed by atoms with Crippen LogP contribution in [0.5, 0.6) is 5.75 Å². The summed E-state index contributed by atoms with van der Waals surface area (Å²) in [6.45, 7) is 2.75. The summed E-state index contributed by atoms with van der Waals surface area (Å²) in [6.07, 6.45) is 4.02. The molecule has 146 valence electrons. The molecule has 0 spiro atoms. The van der Waals surface area contributed by atoms with E-state index >= 15 is 0 Å². The highest BCUT2D eigenvalue weighted by molar-refractivity contribution is 7.19. The molecule has 1 aliphatic rings. The first-order valence-electron chi connectivity index (χ1n) is 9.68. The van der Waals surface area contributed by atoms with Crippen molar-refractivity contribution in [2.45, 2.75) is 19.8 Å². The smallest absolute Gasteiger partial charge is 0.270 e. The lowest BCUT2D eigenvalue weighted by molar-refractivity contribution is 0.0988. The average molecular weight is 404 g/mol. The van der Waals surface area contributed by atoms with Gasteiger partial charge in [0.25, 0.3) is 5.91 Å². The monoisotopic (exact) mass is 403 g/mol. The van der Waals surface area contributed by atoms with Gasteiger partial charge in [0.15, 0.2) is 4.96 Å². The van der Waals surface area contributed by atoms with Crippen molar-refractivity contribution in [3.8, 4) is 17.0 Å². The van der Waals surface area contributed by atoms with Gasteiger partial charge in [-0.05, 0) is 55.7 Å². The number of methoxy groups -OCH3 is 1. The number of amides is 1. The number of benzene rings is 2. The predicted octanol–water partition coefficient (Wildman–Crippen LogP) is 4.97. The molecule has 5 rings (SSSR count). The molecular formula is C23H21N3O2S. The van der Waals surface area contributed by atoms with Crippen molar-refractivity contribution >= 4 is 27.9 Å². The molecule has 3 heterocycles. The Morgan fingerprint density at radius 3 is 2.69 bits per heavy atom. The van der Waals surface area contributed by atoms with Crippen LogP contribution in [0.25, 0.3) is 16.2 Å². The van der Waals surface area contributed by atoms with Crippen molar-refractivity contribution in [2.75, 3.05) is 18.6 Å². The molecule has 0 atom stereocenters. The zero-order valence-electron chi connectivity index (χ0n) is 16.4. The fourth-order valence-electron chi connectivity index (χ4n) is 3.92. The van der Waals surface area contributed by atoms with Crippen molar-refractivity contribution in [3.05, 3.63) is 70.9 Å². The maximum atomic E-state index is 13.4. The van der Waals surface area contributed by atoms with Crippen molar-refractivity contribution in [2.24, 2.45) is 0 Å². The molecule has 29 heavy (non-hydrogen) atoms. The van der Waals surface area contributed by atoms with E-state index in [9.17, 15) is 4.79 Å². The Balaban J connectivity index is 1.50. The fourth-order valence-corrected chi connectivity index (χ4v) is 4.97. The molecule has 0 bridgehead atoms. The Hall–Kier alpha value is -3.12. The third kappa shape index (κ3) is 3.00. The first-order valence-corrected chi connectivity index (χ1v) is 10.5. The fraction of sp³-hybridized carbons (Fsp3) is 0.217. The first-order chi connectivity index (χ1) is 14.2. The van der Waals surface area contributed by atoms with Gasteiger partial charge < -0.3 is 9.64 Å². The summed E-state index contributed by atoms with van der Waals surface area (Å²) in [5.41, 5.74) is 5.13. The molecule has 0 radical (unpaired) electrons. The van der Waals surface area contributed by atoms with Crippen LogP contribution in [0.3, 0.4) is 0 Å². The van der Waals surface area contributed by atoms with Crippen LogP contribution in [0.4, 0.5) is 5.69 Å². The second kappa shape index (κ2) is 7.04. The van der Waals surface area contributed by atoms with E-state index in [2.05, 4.69) is 6.07 Å². The number of imidazole rings is 1. The number of aryl methyl sites for hydroxylation is 2. The normalized spacial score (nSPS) is 13.5. The van der Waals surface area contributed by atoms with Gasteiger partial charge in [0, 0.05) is 29.7 Å². The molecule has 0 N–H and O–H groups in total. The second-order valence-electron chi connectivity index (χ2n) is 7.21. The molecule has 0 aliphatic carbocycles. The molecule has 5 nitrogen and oxygen atoms in total. The molecule has 2 aromatic heterocycles. The van der Waals surface area contributed by atoms with Crippen molar-refractivity contribution in [1.82, 2.24) is 9.38 Å². The molecular weight excluding hydrogens is 382 g/mol. The lowest BCUT2D eigenvalue weighted by atomic mass is 10.0. The molecule has 4 aromatic rings. The number of thiazole rings is 1. The molecule has 0 unspecified atom stereocenters. The lowest BCUT2D eigenvalue weighted by Gasteiger charge is -2.29. The van der Waals surface area contributed by atoms with Gasteiger partial charge in [0.2, 0.25) is 0 Å². The number of hydrogen-bond donors (Lipinski definition) is 0. The predicted molar refractivity (Wildman–Crippen MR) is 116 cm³/mol. The highest BCUT2D eigenvalue weighted by Gasteiger charge is 2.27. The standard InChI is InChI=1S/C23H21N3O2S/c1-15-21(22(27)25-13-5-7-17-6-3-4-8-20(17)25)29-23-24-19(14-26(15)23)16-9-11-18(28-2)12-10-16/h3-4,6,8-12,14H,5,7,13H2,1-2H3. The molecule has 1 amide bonds. The van der Waals surface area contributed by atoms with Gasteiger partial charge in [0.1, 0.15) is 10.6 Å². The number of fused-ring (bicyclic) bond motifs is 2. The van der Waals surface area contributed by atoms with E-state index in [0.29, 0.717) is 0 Å². The Bertz CT molecular complexity index is 1210. The number of aromatic nitrogens is 2. The highest BCUT2D eigenvalue weighted by Crippen LogP contribution is 2.32. The maximum absolute atomic E-state index is 13.4. The van der Waals surface area contributed by atoms with Crippen LogP contribution in [0.2, 0.25) is 0 Å². The number of carbonyl (C=O) groups excluding carboxylic acids is 1. The Morgan fingerprint density at radius 1 is 1.14 bits per heavy atom. The maximum Gasteiger partial charge on any atom is 0.270 e. The molecule has 2 aromatic carbocycles. The minimum atomic E-state index is 0.0659. The van der Waals surface area contributed by atoms with Crippen molar-refractivity contribution in [1.29, 1.82) is 0 Å². The average Bonchev–Trinajstić information content (AvgIpc) is 3.32. The van der Waals surface area contributed by atoms with E-state index in [1.807, 2.05) is 64.9 Å². The Morgan fingerprint density at radius 2 is 1.93 bits per heavy atom. The van der Waals surface area contributed by atoms with Crippen molar-refractivity contribution in [3.63, 3.8) is 0 Å². The Kier molecular flexibility index (Phi) is 4.36. The molecule has 1 aliphatic heterocycles. The topological polar surface area (TPSA) is 46.8 Å². The van der Waals surface area contributed by atoms with Crippen LogP contribution < -0.4 is 9.64 Å². The SMILES string of the molecule is COc1ccc(-c2cn3c(C)c(C(=O)N4CCCc5ccccc54)sc3n2)cc1. The number of anilines is 1. The first kappa shape index (κ1) is 17.9. The van der Waals surface area contributed by atoms with Gasteiger partial charge >= 0.3 is 0 Å². The summed E-state index contributed by atoms with van der Waals surface area (Å²) in [7, 11) is 1.66. The van der Waals surface area contributed by atoms with Gasteiger partial charge in [-0.3, -0.25) is 9.20 Å². The number of ether oxygens (including phenoxy) is 1. The van der Waals surface area contributed by atoms with E-state index in [-0.39, 0.29) is 5.91 Å². The van der Waals surface area contributed by atoms with Crippen LogP contribution in [-0.4, -0.2) is 28.9 Å². The summed E-state index contributed by atoms with van der Waals surface area (Å²) >= 11 is 1.46. The van der Waals surface area contributed by atoms with E-state index < -0.39 is 0 Å². The van der Waals surface area contributed by atoms with E-state index in [1.165, 1.54) is 16.9 Å². The van der Waals surface area contributed by atoms with E-state index in [4.69, 9.17) is 9.72 Å². The van der Waals surface area contributed by atoms with Gasteiger partial charge in [-0.25, -0.2) is 4.98 Å². The zero-order valence-corrected chi connectivity index (χ0v) is 17.2. The number of rotatable bonds is 3. The van der Waals surface area contributed by atoms with Crippen LogP contribution >= 0.6 is 11.3 Å². The number of carbonyl (C=O) groups is 1. The van der Waals surface area contributed by atoms with Crippen molar-refractivity contribution < 1.29 is 9.53 Å². The highest BCUT2D eigenvalue weighted by atomic mass is 32.1. The number of nitrogens with zero attached hydrogens (tertiary/aromatic N) is 3. The second-order valence-corrected chi connectivity index (χ2v) is 8.19. The quantitative estimate of drug-likeness (QED) is 0.485. The van der Waals surface area contributed by atoms with Crippen LogP contribution in [0, 0.1) is 6.92 Å². The number of hydrogen-bond acceptors (Lipinski definition) is 4. The van der Waals surface area contributed by atoms with Gasteiger partial charge in [-0.1, -0.05) is 29.5 Å². The third-order valence-electron chi connectivity index (χ3n) is 5.49. The summed E-state index contributed by atoms with van der Waals surface area (Å²) in [6, 6.07) is 16.1. The van der Waals surface area contributed by atoms with Crippen LogP contribution in [0.15, 0.2) is 54.7 Å². The summed E-state index contributed by atoms with van der Waals surface area (Å²) in [5, 5.41) is 0.